The summed E-state index contributed by atoms with van der Waals surface area (Å²) in [6, 6.07) is 52.4. The fourth-order valence-electron chi connectivity index (χ4n) is 17.2. The fourth-order valence-corrected chi connectivity index (χ4v) is 17.2. The van der Waals surface area contributed by atoms with E-state index in [1.165, 1.54) is 0 Å². The molecule has 0 unspecified atom stereocenters. The van der Waals surface area contributed by atoms with E-state index < -0.39 is 64.9 Å². The van der Waals surface area contributed by atoms with Gasteiger partial charge in [-0.1, -0.05) is 208 Å². The third-order valence-corrected chi connectivity index (χ3v) is 23.4. The molecule has 4 aliphatic heterocycles. The van der Waals surface area contributed by atoms with Crippen LogP contribution in [0.15, 0.2) is 182 Å². The van der Waals surface area contributed by atoms with Gasteiger partial charge < -0.3 is 57.7 Å². The van der Waals surface area contributed by atoms with Crippen LogP contribution in [0.3, 0.4) is 0 Å². The minimum Gasteiger partial charge on any atom is -0.356 e. The van der Waals surface area contributed by atoms with Crippen LogP contribution in [0.1, 0.15) is 182 Å². The van der Waals surface area contributed by atoms with Crippen LogP contribution in [-0.4, -0.2) is 151 Å². The molecular weight excluding hydrogens is 1430 g/mol. The van der Waals surface area contributed by atoms with Crippen molar-refractivity contribution in [2.24, 2.45) is 17.8 Å². The van der Waals surface area contributed by atoms with E-state index in [-0.39, 0.29) is 129 Å². The molecule has 0 spiro atoms. The summed E-state index contributed by atoms with van der Waals surface area (Å²) in [6.07, 6.45) is 8.59. The third kappa shape index (κ3) is 22.3. The van der Waals surface area contributed by atoms with E-state index >= 15 is 28.8 Å². The predicted molar refractivity (Wildman–Crippen MR) is 442 cm³/mol. The Bertz CT molecular complexity index is 3940. The van der Waals surface area contributed by atoms with Gasteiger partial charge in [0.05, 0.1) is 12.1 Å². The summed E-state index contributed by atoms with van der Waals surface area (Å²) in [6.45, 7) is 6.76. The van der Waals surface area contributed by atoms with E-state index in [1.807, 2.05) is 123 Å². The third-order valence-electron chi connectivity index (χ3n) is 23.4. The Hall–Kier alpha value is -10.4. The van der Waals surface area contributed by atoms with Gasteiger partial charge in [-0.25, -0.2) is 0 Å². The number of fused-ring (bicyclic) bond motifs is 2. The molecule has 21 heteroatoms. The zero-order valence-corrected chi connectivity index (χ0v) is 66.7. The molecule has 6 aromatic carbocycles. The van der Waals surface area contributed by atoms with Gasteiger partial charge in [-0.05, 0) is 174 Å². The summed E-state index contributed by atoms with van der Waals surface area (Å²) in [7, 11) is 3.48. The molecule has 0 saturated carbocycles. The smallest absolute Gasteiger partial charge is 0.255 e. The van der Waals surface area contributed by atoms with E-state index in [0.29, 0.717) is 125 Å². The van der Waals surface area contributed by atoms with Crippen molar-refractivity contribution >= 4 is 58.7 Å². The number of hydrogen-bond acceptors (Lipinski definition) is 14. The molecule has 602 valence electrons. The minimum atomic E-state index is -1.75. The number of likely N-dealkylation sites (N-methyl/N-ethyl adjacent to an activating group) is 2. The molecule has 114 heavy (non-hydrogen) atoms. The van der Waals surface area contributed by atoms with Gasteiger partial charge in [0, 0.05) is 89.1 Å². The fraction of sp³-hybridized carbons (Fsp3) is 0.462. The molecule has 7 amide bonds. The van der Waals surface area contributed by atoms with Crippen molar-refractivity contribution in [2.45, 2.75) is 215 Å². The Morgan fingerprint density at radius 2 is 0.895 bits per heavy atom. The highest BCUT2D eigenvalue weighted by Crippen LogP contribution is 2.42. The maximum absolute atomic E-state index is 15.3. The quantitative estimate of drug-likeness (QED) is 0.0128. The van der Waals surface area contributed by atoms with Crippen LogP contribution >= 0.6 is 0 Å². The van der Waals surface area contributed by atoms with Crippen LogP contribution in [0, 0.1) is 41.4 Å². The molecule has 0 aromatic heterocycles. The van der Waals surface area contributed by atoms with Crippen molar-refractivity contribution < 1.29 is 47.9 Å². The predicted octanol–water partition coefficient (Wildman–Crippen LogP) is 9.56. The van der Waals surface area contributed by atoms with Crippen molar-refractivity contribution in [3.05, 3.63) is 215 Å². The number of Topliss-reactive ketones (excluding diaryl/α,β-unsaturated/α-hetero) is 3. The summed E-state index contributed by atoms with van der Waals surface area (Å²) >= 11 is 0. The Labute approximate surface area is 673 Å². The number of rotatable bonds is 41. The molecule has 0 radical (unpaired) electrons. The van der Waals surface area contributed by atoms with E-state index in [4.69, 9.17) is 0 Å². The highest BCUT2D eigenvalue weighted by Gasteiger charge is 2.53. The summed E-state index contributed by atoms with van der Waals surface area (Å²) in [5.74, 6) is 7.65. The summed E-state index contributed by atoms with van der Waals surface area (Å²) in [4.78, 5) is 149. The van der Waals surface area contributed by atoms with Gasteiger partial charge in [-0.3, -0.25) is 47.9 Å². The van der Waals surface area contributed by atoms with E-state index in [2.05, 4.69) is 95.8 Å². The number of hydrogen-bond donors (Lipinski definition) is 9. The topological polar surface area (TPSA) is 285 Å². The lowest BCUT2D eigenvalue weighted by atomic mass is 9.77. The molecule has 0 aliphatic carbocycles. The van der Waals surface area contributed by atoms with Gasteiger partial charge >= 0.3 is 0 Å². The number of amides is 7. The first-order valence-electron chi connectivity index (χ1n) is 41.3. The first kappa shape index (κ1) is 86.0. The van der Waals surface area contributed by atoms with Crippen molar-refractivity contribution in [3.8, 4) is 23.7 Å². The zero-order chi connectivity index (χ0) is 80.7. The molecule has 6 aromatic rings. The van der Waals surface area contributed by atoms with Gasteiger partial charge in [0.25, 0.3) is 5.91 Å². The van der Waals surface area contributed by atoms with Crippen LogP contribution in [0.2, 0.25) is 0 Å². The van der Waals surface area contributed by atoms with E-state index in [0.717, 1.165) is 17.5 Å². The van der Waals surface area contributed by atoms with Gasteiger partial charge in [0.15, 0.2) is 17.1 Å². The monoisotopic (exact) mass is 1550 g/mol. The van der Waals surface area contributed by atoms with Crippen LogP contribution in [0.25, 0.3) is 0 Å². The second-order valence-corrected chi connectivity index (χ2v) is 30.6. The van der Waals surface area contributed by atoms with Gasteiger partial charge in [0.2, 0.25) is 35.4 Å². The Kier molecular flexibility index (Phi) is 33.0. The van der Waals surface area contributed by atoms with Gasteiger partial charge in [0.1, 0.15) is 29.4 Å². The standard InChI is InChI=1S/C93H115N11O10/c1-5-78(94-3)82(106)63-77-68(57-61-96-64-66-33-17-11-18-34-66)49-51-74-53-55-80(103(74)89(77)112)87(110)101-92(70-37-21-13-22-38-70,71-39-23-14-24-40-71)83(107)47-32-59-98-84(108)48-30-10-8-7-9-29-45-76(105)46-31-60-99-91(114)93(72-41-25-15-26-42-72,73-43-27-16-28-44-73)102-88(111)81-56-54-75-52-50-69(58-62-97-65-67-35-19-12-20-36-67)85(90(113)104(75)81)100-86(109)79(6-2)95-4/h11-28,33-44,68-69,74-75,77-81,85,94-97H,5-6,29-32,45-65H2,1-4H3,(H,98,108)(H,99,114)(H,100,109)(H,101,110)(H,102,111)/t68-,69-,74+,75+,77+,78+,79+,80+,81+,85+/m1/s1. The maximum Gasteiger partial charge on any atom is 0.255 e. The number of ketones is 3. The summed E-state index contributed by atoms with van der Waals surface area (Å²) in [5, 5.41) is 28.8. The lowest BCUT2D eigenvalue weighted by Crippen LogP contribution is -2.62. The first-order valence-corrected chi connectivity index (χ1v) is 41.3. The molecule has 9 N–H and O–H groups in total. The summed E-state index contributed by atoms with van der Waals surface area (Å²) in [5.41, 5.74) is 1.00. The first-order chi connectivity index (χ1) is 55.5. The molecule has 4 fully saturated rings. The molecule has 4 saturated heterocycles. The average molecular weight is 1550 g/mol. The maximum atomic E-state index is 15.3. The summed E-state index contributed by atoms with van der Waals surface area (Å²) < 4.78 is 0. The number of carbonyl (C=O) groups is 10. The van der Waals surface area contributed by atoms with Gasteiger partial charge in [-0.2, -0.15) is 0 Å². The highest BCUT2D eigenvalue weighted by molar-refractivity contribution is 6.01. The van der Waals surface area contributed by atoms with Crippen molar-refractivity contribution in [1.29, 1.82) is 0 Å². The number of carbonyl (C=O) groups excluding carboxylic acids is 10. The second-order valence-electron chi connectivity index (χ2n) is 30.6. The van der Waals surface area contributed by atoms with E-state index in [1.54, 1.807) is 72.4 Å². The van der Waals surface area contributed by atoms with Crippen molar-refractivity contribution in [2.75, 3.05) is 40.3 Å². The van der Waals surface area contributed by atoms with Crippen LogP contribution in [0.5, 0.6) is 0 Å². The van der Waals surface area contributed by atoms with E-state index in [9.17, 15) is 19.2 Å². The largest absolute Gasteiger partial charge is 0.356 e. The molecule has 4 heterocycles. The molecule has 0 bridgehead atoms. The SMILES string of the molecule is CC[C@H](NC)C(=O)C[C@@H]1C(=O)N2[C@@H](CC[C@@H]1CCNCc1ccccc1)CC[C@H]2C(=O)NC(C(=O)CCCNC(=O)CCC#CC#CCCC(=O)CCCNC(=O)C(NC(=O)[C@@H]1CC[C@@H]2CC[C@H](CCNCc3ccccc3)[C@H](NC(=O)[C@H](CC)NC)C(=O)N21)(c1ccccc1)c1ccccc1)(c1ccccc1)c1ccccc1. The molecule has 21 nitrogen and oxygen atoms in total. The molecule has 4 aliphatic rings. The molecule has 10 rings (SSSR count). The Morgan fingerprint density at radius 3 is 1.39 bits per heavy atom. The van der Waals surface area contributed by atoms with Crippen LogP contribution in [0.4, 0.5) is 0 Å². The van der Waals surface area contributed by atoms with Crippen molar-refractivity contribution in [3.63, 3.8) is 0 Å². The van der Waals surface area contributed by atoms with Crippen LogP contribution in [-0.2, 0) is 72.1 Å². The normalized spacial score (nSPS) is 19.8. The van der Waals surface area contributed by atoms with Crippen molar-refractivity contribution in [1.82, 2.24) is 57.7 Å². The zero-order valence-electron chi connectivity index (χ0n) is 66.7. The average Bonchev–Trinajstić information content (AvgIpc) is 1.64. The number of nitrogens with one attached hydrogen (secondary N) is 9. The Morgan fingerprint density at radius 1 is 0.465 bits per heavy atom. The lowest BCUT2D eigenvalue weighted by Gasteiger charge is -2.38. The number of benzene rings is 6. The Balaban J connectivity index is 0.702. The van der Waals surface area contributed by atoms with Crippen LogP contribution < -0.4 is 47.9 Å². The van der Waals surface area contributed by atoms with Gasteiger partial charge in [-0.15, -0.1) is 0 Å². The minimum absolute atomic E-state index is 0.0138. The second kappa shape index (κ2) is 43.7. The molecular formula is C93H115N11O10. The lowest BCUT2D eigenvalue weighted by molar-refractivity contribution is -0.146. The molecule has 10 atom stereocenters. The highest BCUT2D eigenvalue weighted by atomic mass is 16.2. The number of nitrogens with zero attached hydrogens (tertiary/aromatic N) is 2.